The highest BCUT2D eigenvalue weighted by Gasteiger charge is 2.18. The lowest BCUT2D eigenvalue weighted by atomic mass is 10.1. The number of phenols is 1. The molecule has 2 rings (SSSR count). The van der Waals surface area contributed by atoms with E-state index in [1.54, 1.807) is 4.90 Å². The van der Waals surface area contributed by atoms with E-state index in [9.17, 15) is 9.90 Å². The minimum atomic E-state index is -0.203. The average molecular weight is 311 g/mol. The maximum absolute atomic E-state index is 12.5. The first-order valence-corrected chi connectivity index (χ1v) is 7.32. The molecule has 0 atom stereocenters. The van der Waals surface area contributed by atoms with Gasteiger partial charge in [0.1, 0.15) is 5.75 Å². The van der Waals surface area contributed by atoms with Crippen molar-refractivity contribution in [3.63, 3.8) is 0 Å². The molecular weight excluding hydrogens is 296 g/mol. The zero-order valence-corrected chi connectivity index (χ0v) is 12.5. The molecule has 0 aliphatic carbocycles. The number of phenolic OH excluding ortho intramolecular Hbond substituents is 1. The highest BCUT2D eigenvalue weighted by Crippen LogP contribution is 2.25. The molecule has 0 radical (unpaired) electrons. The van der Waals surface area contributed by atoms with Gasteiger partial charge in [0.15, 0.2) is 0 Å². The van der Waals surface area contributed by atoms with Crippen molar-refractivity contribution in [1.29, 1.82) is 0 Å². The van der Waals surface area contributed by atoms with Crippen molar-refractivity contribution >= 4 is 34.5 Å². The summed E-state index contributed by atoms with van der Waals surface area (Å²) in [4.78, 5) is 15.1. The summed E-state index contributed by atoms with van der Waals surface area (Å²) in [7, 11) is 0. The summed E-state index contributed by atoms with van der Waals surface area (Å²) in [6.07, 6.45) is 0. The second-order valence-corrected chi connectivity index (χ2v) is 6.10. The fourth-order valence-electron chi connectivity index (χ4n) is 1.85. The Hall–Kier alpha value is -1.72. The highest BCUT2D eigenvalue weighted by molar-refractivity contribution is 7.16. The number of hydrogen-bond acceptors (Lipinski definition) is 4. The van der Waals surface area contributed by atoms with Crippen molar-refractivity contribution in [3.8, 4) is 5.75 Å². The van der Waals surface area contributed by atoms with E-state index in [4.69, 9.17) is 17.3 Å². The fraction of sp³-hybridized carbons (Fsp3) is 0.214. The number of nitrogens with zero attached hydrogens (tertiary/aromatic N) is 1. The van der Waals surface area contributed by atoms with Gasteiger partial charge in [-0.3, -0.25) is 4.79 Å². The van der Waals surface area contributed by atoms with Gasteiger partial charge in [0, 0.05) is 17.1 Å². The van der Waals surface area contributed by atoms with Gasteiger partial charge in [-0.2, -0.15) is 0 Å². The number of carbonyl (C=O) groups excluding carboxylic acids is 1. The number of nitrogens with two attached hydrogens (primary N) is 1. The van der Waals surface area contributed by atoms with Crippen molar-refractivity contribution in [2.45, 2.75) is 13.5 Å². The molecule has 1 aromatic heterocycles. The van der Waals surface area contributed by atoms with Crippen LogP contribution in [0.2, 0.25) is 4.34 Å². The highest BCUT2D eigenvalue weighted by atomic mass is 35.5. The molecule has 1 aromatic carbocycles. The molecule has 0 aliphatic heterocycles. The van der Waals surface area contributed by atoms with Gasteiger partial charge >= 0.3 is 0 Å². The normalized spacial score (nSPS) is 10.5. The Morgan fingerprint density at radius 1 is 1.40 bits per heavy atom. The molecule has 0 spiro atoms. The molecule has 0 aliphatic rings. The Morgan fingerprint density at radius 3 is 2.75 bits per heavy atom. The lowest BCUT2D eigenvalue weighted by molar-refractivity contribution is 0.0755. The lowest BCUT2D eigenvalue weighted by Gasteiger charge is -2.21. The minimum absolute atomic E-state index is 0.0257. The predicted molar refractivity (Wildman–Crippen MR) is 82.3 cm³/mol. The summed E-state index contributed by atoms with van der Waals surface area (Å²) in [5, 5.41) is 9.49. The van der Waals surface area contributed by atoms with Crippen molar-refractivity contribution in [3.05, 3.63) is 45.1 Å². The van der Waals surface area contributed by atoms with Crippen LogP contribution in [0.25, 0.3) is 0 Å². The number of rotatable bonds is 4. The molecule has 6 heteroatoms. The molecule has 0 saturated heterocycles. The molecule has 4 nitrogen and oxygen atoms in total. The van der Waals surface area contributed by atoms with Crippen LogP contribution in [0.5, 0.6) is 5.75 Å². The van der Waals surface area contributed by atoms with Crippen molar-refractivity contribution in [2.75, 3.05) is 12.3 Å². The van der Waals surface area contributed by atoms with Crippen LogP contribution in [0.15, 0.2) is 30.3 Å². The van der Waals surface area contributed by atoms with Crippen molar-refractivity contribution < 1.29 is 9.90 Å². The Kier molecular flexibility index (Phi) is 4.52. The zero-order chi connectivity index (χ0) is 14.7. The van der Waals surface area contributed by atoms with Crippen LogP contribution >= 0.6 is 22.9 Å². The van der Waals surface area contributed by atoms with Gasteiger partial charge in [0.2, 0.25) is 0 Å². The first kappa shape index (κ1) is 14.7. The number of carbonyl (C=O) groups is 1. The predicted octanol–water partition coefficient (Wildman–Crippen LogP) is 3.35. The zero-order valence-electron chi connectivity index (χ0n) is 11.0. The van der Waals surface area contributed by atoms with Gasteiger partial charge < -0.3 is 15.7 Å². The third-order valence-electron chi connectivity index (χ3n) is 2.91. The van der Waals surface area contributed by atoms with Gasteiger partial charge in [-0.1, -0.05) is 11.6 Å². The number of anilines is 1. The van der Waals surface area contributed by atoms with Crippen LogP contribution < -0.4 is 5.73 Å². The maximum Gasteiger partial charge on any atom is 0.256 e. The maximum atomic E-state index is 12.5. The van der Waals surface area contributed by atoms with Crippen LogP contribution in [0.4, 0.5) is 5.69 Å². The Morgan fingerprint density at radius 2 is 2.15 bits per heavy atom. The van der Waals surface area contributed by atoms with Crippen LogP contribution in [0.1, 0.15) is 22.2 Å². The van der Waals surface area contributed by atoms with E-state index in [-0.39, 0.29) is 11.7 Å². The Balaban J connectivity index is 2.22. The number of hydrogen-bond donors (Lipinski definition) is 2. The van der Waals surface area contributed by atoms with Crippen LogP contribution in [-0.4, -0.2) is 22.5 Å². The second kappa shape index (κ2) is 6.15. The smallest absolute Gasteiger partial charge is 0.256 e. The Labute approximate surface area is 126 Å². The quantitative estimate of drug-likeness (QED) is 0.672. The van der Waals surface area contributed by atoms with E-state index >= 15 is 0 Å². The summed E-state index contributed by atoms with van der Waals surface area (Å²) in [5.41, 5.74) is 6.47. The topological polar surface area (TPSA) is 66.6 Å². The standard InChI is InChI=1S/C14H15ClN2O2S/c1-2-17(8-10-4-6-13(15)20-10)14(19)11-7-9(18)3-5-12(11)16/h3-7,18H,2,8,16H2,1H3. The van der Waals surface area contributed by atoms with Gasteiger partial charge in [0.05, 0.1) is 16.4 Å². The molecule has 2 aromatic rings. The van der Waals surface area contributed by atoms with E-state index in [2.05, 4.69) is 0 Å². The van der Waals surface area contributed by atoms with Gasteiger partial charge in [-0.25, -0.2) is 0 Å². The lowest BCUT2D eigenvalue weighted by Crippen LogP contribution is -2.30. The van der Waals surface area contributed by atoms with E-state index in [0.717, 1.165) is 4.88 Å². The third-order valence-corrected chi connectivity index (χ3v) is 4.13. The molecule has 106 valence electrons. The number of amides is 1. The monoisotopic (exact) mass is 310 g/mol. The van der Waals surface area contributed by atoms with Crippen LogP contribution in [0.3, 0.4) is 0 Å². The van der Waals surface area contributed by atoms with Crippen molar-refractivity contribution in [1.82, 2.24) is 4.90 Å². The molecule has 0 bridgehead atoms. The molecule has 20 heavy (non-hydrogen) atoms. The molecule has 0 saturated carbocycles. The van der Waals surface area contributed by atoms with Gasteiger partial charge in [0.25, 0.3) is 5.91 Å². The molecule has 0 fully saturated rings. The van der Waals surface area contributed by atoms with E-state index in [1.165, 1.54) is 29.5 Å². The summed E-state index contributed by atoms with van der Waals surface area (Å²) >= 11 is 7.33. The molecular formula is C14H15ClN2O2S. The van der Waals surface area contributed by atoms with Crippen molar-refractivity contribution in [2.24, 2.45) is 0 Å². The second-order valence-electron chi connectivity index (χ2n) is 4.30. The Bertz CT molecular complexity index is 627. The first-order valence-electron chi connectivity index (χ1n) is 6.13. The molecule has 1 heterocycles. The summed E-state index contributed by atoms with van der Waals surface area (Å²) < 4.78 is 0.695. The number of aromatic hydroxyl groups is 1. The molecule has 3 N–H and O–H groups in total. The summed E-state index contributed by atoms with van der Waals surface area (Å²) in [6, 6.07) is 8.08. The van der Waals surface area contributed by atoms with Gasteiger partial charge in [-0.05, 0) is 37.3 Å². The molecule has 1 amide bonds. The summed E-state index contributed by atoms with van der Waals surface area (Å²) in [5.74, 6) is -0.178. The third kappa shape index (κ3) is 3.23. The fourth-order valence-corrected chi connectivity index (χ4v) is 2.96. The first-order chi connectivity index (χ1) is 9.51. The number of thiophene rings is 1. The summed E-state index contributed by atoms with van der Waals surface area (Å²) in [6.45, 7) is 2.91. The largest absolute Gasteiger partial charge is 0.508 e. The van der Waals surface area contributed by atoms with E-state index in [0.29, 0.717) is 28.7 Å². The molecule has 0 unspecified atom stereocenters. The van der Waals surface area contributed by atoms with E-state index in [1.807, 2.05) is 19.1 Å². The van der Waals surface area contributed by atoms with Crippen LogP contribution in [-0.2, 0) is 6.54 Å². The van der Waals surface area contributed by atoms with E-state index < -0.39 is 0 Å². The SMILES string of the molecule is CCN(Cc1ccc(Cl)s1)C(=O)c1cc(O)ccc1N. The van der Waals surface area contributed by atoms with Gasteiger partial charge in [-0.15, -0.1) is 11.3 Å². The number of benzene rings is 1. The van der Waals surface area contributed by atoms with Crippen LogP contribution in [0, 0.1) is 0 Å². The minimum Gasteiger partial charge on any atom is -0.508 e. The number of halogens is 1. The number of nitrogen functional groups attached to an aromatic ring is 1. The average Bonchev–Trinajstić information content (AvgIpc) is 2.83.